The highest BCUT2D eigenvalue weighted by Gasteiger charge is 2.97. The lowest BCUT2D eigenvalue weighted by Gasteiger charge is -2.42. The summed E-state index contributed by atoms with van der Waals surface area (Å²) in [7, 11) is 0. The number of rotatable bonds is 21. The van der Waals surface area contributed by atoms with E-state index in [4.69, 9.17) is 11.5 Å². The fourth-order valence-corrected chi connectivity index (χ4v) is 7.31. The zero-order valence-electron chi connectivity index (χ0n) is 32.1. The van der Waals surface area contributed by atoms with E-state index in [9.17, 15) is 149 Å². The van der Waals surface area contributed by atoms with Crippen LogP contribution in [0.1, 0.15) is 12.8 Å². The van der Waals surface area contributed by atoms with Crippen LogP contribution in [-0.4, -0.2) is 107 Å². The van der Waals surface area contributed by atoms with Gasteiger partial charge in [-0.1, -0.05) is 12.1 Å². The van der Waals surface area contributed by atoms with E-state index < -0.39 is 152 Å². The molecule has 0 aliphatic rings. The van der Waals surface area contributed by atoms with Gasteiger partial charge in [-0.05, 0) is 35.4 Å². The van der Waals surface area contributed by atoms with Gasteiger partial charge in [-0.2, -0.15) is 149 Å². The number of thioether (sulfide) groups is 2. The summed E-state index contributed by atoms with van der Waals surface area (Å²) in [5.41, 5.74) is 8.53. The van der Waals surface area contributed by atoms with E-state index in [1.807, 2.05) is 0 Å². The smallest absolute Gasteiger partial charge is 0.399 e. The topological polar surface area (TPSA) is 52.0 Å². The molecule has 0 bridgehead atoms. The van der Waals surface area contributed by atoms with E-state index in [-0.39, 0.29) is 23.5 Å². The number of alkyl halides is 34. The molecule has 0 aliphatic carbocycles. The molecule has 2 aromatic rings. The largest absolute Gasteiger partial charge is 0.460 e. The molecule has 0 radical (unpaired) electrons. The summed E-state index contributed by atoms with van der Waals surface area (Å²) >= 11 is -0.735. The second-order valence-corrected chi connectivity index (χ2v) is 16.3. The Morgan fingerprint density at radius 3 is 0.700 bits per heavy atom. The second-order valence-electron chi connectivity index (χ2n) is 14.0. The van der Waals surface area contributed by atoms with Crippen molar-refractivity contribution in [3.05, 3.63) is 36.4 Å². The van der Waals surface area contributed by atoms with Crippen LogP contribution in [0.5, 0.6) is 0 Å². The summed E-state index contributed by atoms with van der Waals surface area (Å²) in [6.07, 6.45) is -22.0. The molecule has 0 fully saturated rings. The SMILES string of the molecule is Nc1ccc(-c2ccc(N)cc2SCCC(F)(F)C(F)(F)C(F)(F)C(F)(F)C(F)(F)C(F)(F)C(F)(F)C(F)(F)F)c(SCCC(F)(F)C(F)(F)C(F)(F)C(F)(F)C(F)(F)C(F)(F)C(F)(F)C(F)(F)F)c1. The van der Waals surface area contributed by atoms with Gasteiger partial charge in [-0.15, -0.1) is 23.5 Å². The first-order valence-electron chi connectivity index (χ1n) is 16.9. The maximum absolute atomic E-state index is 14.6. The maximum Gasteiger partial charge on any atom is 0.460 e. The normalized spacial score (nSPS) is 15.7. The van der Waals surface area contributed by atoms with Crippen molar-refractivity contribution >= 4 is 34.9 Å². The summed E-state index contributed by atoms with van der Waals surface area (Å²) in [5, 5.41) is 0. The first-order chi connectivity index (χ1) is 30.4. The van der Waals surface area contributed by atoms with Crippen molar-refractivity contribution in [3.63, 3.8) is 0 Å². The van der Waals surface area contributed by atoms with Gasteiger partial charge in [-0.3, -0.25) is 0 Å². The van der Waals surface area contributed by atoms with Gasteiger partial charge < -0.3 is 11.5 Å². The monoisotopic (exact) mass is 1140 g/mol. The first-order valence-corrected chi connectivity index (χ1v) is 18.9. The minimum Gasteiger partial charge on any atom is -0.399 e. The van der Waals surface area contributed by atoms with Crippen LogP contribution in [0.4, 0.5) is 161 Å². The van der Waals surface area contributed by atoms with Gasteiger partial charge in [0.2, 0.25) is 0 Å². The molecular weight excluding hydrogens is 1120 g/mol. The Bertz CT molecular complexity index is 2020. The van der Waals surface area contributed by atoms with Gasteiger partial charge in [-0.25, -0.2) is 0 Å². The molecule has 70 heavy (non-hydrogen) atoms. The van der Waals surface area contributed by atoms with E-state index in [1.54, 1.807) is 0 Å². The van der Waals surface area contributed by atoms with Crippen LogP contribution in [0.15, 0.2) is 46.2 Å². The van der Waals surface area contributed by atoms with Crippen molar-refractivity contribution in [2.45, 2.75) is 118 Å². The molecule has 0 unspecified atom stereocenters. The molecule has 0 saturated heterocycles. The molecular formula is C32H18F34N2S2. The molecule has 0 aliphatic heterocycles. The lowest BCUT2D eigenvalue weighted by molar-refractivity contribution is -0.461. The average molecular weight is 1140 g/mol. The van der Waals surface area contributed by atoms with E-state index in [0.717, 1.165) is 12.1 Å². The summed E-state index contributed by atoms with van der Waals surface area (Å²) in [4.78, 5) is -1.56. The van der Waals surface area contributed by atoms with Crippen molar-refractivity contribution in [1.29, 1.82) is 0 Å². The fourth-order valence-electron chi connectivity index (χ4n) is 5.05. The van der Waals surface area contributed by atoms with Crippen molar-refractivity contribution in [3.8, 4) is 11.1 Å². The second kappa shape index (κ2) is 18.1. The van der Waals surface area contributed by atoms with E-state index in [1.165, 1.54) is 0 Å². The summed E-state index contributed by atoms with van der Waals surface area (Å²) in [6, 6.07) is 4.06. The first kappa shape index (κ1) is 62.5. The Kier molecular flexibility index (Phi) is 16.1. The third-order valence-electron chi connectivity index (χ3n) is 9.22. The molecule has 38 heteroatoms. The van der Waals surface area contributed by atoms with Gasteiger partial charge in [0.25, 0.3) is 0 Å². The van der Waals surface area contributed by atoms with Gasteiger partial charge in [0, 0.05) is 45.5 Å². The Morgan fingerprint density at radius 2 is 0.486 bits per heavy atom. The molecule has 0 amide bonds. The van der Waals surface area contributed by atoms with Crippen LogP contribution in [0, 0.1) is 0 Å². The molecule has 2 aromatic carbocycles. The summed E-state index contributed by atoms with van der Waals surface area (Å²) in [6.45, 7) is 0. The molecule has 2 nitrogen and oxygen atoms in total. The molecule has 406 valence electrons. The molecule has 2 rings (SSSR count). The van der Waals surface area contributed by atoms with E-state index in [2.05, 4.69) is 0 Å². The Morgan fingerprint density at radius 1 is 0.286 bits per heavy atom. The van der Waals surface area contributed by atoms with E-state index >= 15 is 0 Å². The highest BCUT2D eigenvalue weighted by Crippen LogP contribution is 2.66. The molecule has 0 aromatic heterocycles. The lowest BCUT2D eigenvalue weighted by Crippen LogP contribution is -2.74. The maximum atomic E-state index is 14.6. The van der Waals surface area contributed by atoms with Crippen molar-refractivity contribution in [2.24, 2.45) is 0 Å². The Balaban J connectivity index is 2.51. The average Bonchev–Trinajstić information content (AvgIpc) is 3.16. The number of hydrogen-bond acceptors (Lipinski definition) is 4. The predicted octanol–water partition coefficient (Wildman–Crippen LogP) is 15.5. The Hall–Kier alpha value is -3.64. The van der Waals surface area contributed by atoms with Crippen LogP contribution in [0.25, 0.3) is 11.1 Å². The van der Waals surface area contributed by atoms with Gasteiger partial charge >= 0.3 is 95.3 Å². The van der Waals surface area contributed by atoms with Crippen molar-refractivity contribution < 1.29 is 149 Å². The highest BCUT2D eigenvalue weighted by molar-refractivity contribution is 7.99. The molecule has 0 atom stereocenters. The highest BCUT2D eigenvalue weighted by atomic mass is 32.2. The van der Waals surface area contributed by atoms with Crippen molar-refractivity contribution in [2.75, 3.05) is 23.0 Å². The number of halogens is 34. The fraction of sp³-hybridized carbons (Fsp3) is 0.625. The summed E-state index contributed by atoms with van der Waals surface area (Å²) in [5.74, 6) is -121. The number of nitrogens with two attached hydrogens (primary N) is 2. The van der Waals surface area contributed by atoms with Gasteiger partial charge in [0.1, 0.15) is 0 Å². The number of nitrogen functional groups attached to an aromatic ring is 2. The summed E-state index contributed by atoms with van der Waals surface area (Å²) < 4.78 is 465. The number of anilines is 2. The quantitative estimate of drug-likeness (QED) is 0.0743. The molecule has 4 N–H and O–H groups in total. The molecule has 0 saturated carbocycles. The van der Waals surface area contributed by atoms with Crippen LogP contribution in [0.2, 0.25) is 0 Å². The predicted molar refractivity (Wildman–Crippen MR) is 173 cm³/mol. The zero-order chi connectivity index (χ0) is 55.9. The third-order valence-corrected chi connectivity index (χ3v) is 11.3. The van der Waals surface area contributed by atoms with Crippen LogP contribution < -0.4 is 11.5 Å². The standard InChI is InChI=1S/C32H18F34N2S2/c33-17(34,19(37,38)21(41,42)23(45,46)25(49,50)27(53,54)29(57,58)31(61,62)63)5-7-69-15-9-11(67)1-3-13(15)14-4-2-12(68)10-16(14)70-8-6-18(35,36)20(39,40)22(43,44)24(47,48)26(51,52)28(55,56)30(59,60)32(64,65)66/h1-4,9-10H,5-8,67-68H2. The van der Waals surface area contributed by atoms with E-state index in [0.29, 0.717) is 24.3 Å². The van der Waals surface area contributed by atoms with Crippen LogP contribution in [0.3, 0.4) is 0 Å². The molecule has 0 heterocycles. The lowest BCUT2D eigenvalue weighted by atomic mass is 9.88. The minimum atomic E-state index is -8.93. The third kappa shape index (κ3) is 9.34. The number of benzene rings is 2. The van der Waals surface area contributed by atoms with Gasteiger partial charge in [0.15, 0.2) is 0 Å². The van der Waals surface area contributed by atoms with Crippen LogP contribution >= 0.6 is 23.5 Å². The van der Waals surface area contributed by atoms with Gasteiger partial charge in [0.05, 0.1) is 0 Å². The number of hydrogen-bond donors (Lipinski definition) is 2. The minimum absolute atomic E-state index is 0.367. The van der Waals surface area contributed by atoms with Crippen LogP contribution in [-0.2, 0) is 0 Å². The Labute approximate surface area is 372 Å². The molecule has 0 spiro atoms. The van der Waals surface area contributed by atoms with Crippen molar-refractivity contribution in [1.82, 2.24) is 0 Å². The zero-order valence-corrected chi connectivity index (χ0v) is 33.7.